The van der Waals surface area contributed by atoms with Gasteiger partial charge in [0.1, 0.15) is 17.5 Å². The number of benzene rings is 2. The summed E-state index contributed by atoms with van der Waals surface area (Å²) in [6.45, 7) is 1.89. The minimum atomic E-state index is 0.134. The van der Waals surface area contributed by atoms with E-state index in [4.69, 9.17) is 31.5 Å². The molecular formula is C22H20ClN3O3. The molecule has 2 N–H and O–H groups in total. The van der Waals surface area contributed by atoms with Crippen molar-refractivity contribution in [1.82, 2.24) is 4.98 Å². The maximum absolute atomic E-state index is 9.79. The van der Waals surface area contributed by atoms with Crippen LogP contribution in [0.5, 0.6) is 17.2 Å². The zero-order chi connectivity index (χ0) is 21.1. The van der Waals surface area contributed by atoms with Crippen LogP contribution in [0.4, 0.5) is 5.82 Å². The molecule has 0 bridgehead atoms. The van der Waals surface area contributed by atoms with E-state index in [9.17, 15) is 5.26 Å². The molecule has 3 rings (SSSR count). The average Bonchev–Trinajstić information content (AvgIpc) is 2.74. The summed E-state index contributed by atoms with van der Waals surface area (Å²) < 4.78 is 16.5. The highest BCUT2D eigenvalue weighted by molar-refractivity contribution is 6.30. The zero-order valence-electron chi connectivity index (χ0n) is 16.5. The lowest BCUT2D eigenvalue weighted by molar-refractivity contribution is 0.325. The molecular weight excluding hydrogens is 390 g/mol. The fourth-order valence-electron chi connectivity index (χ4n) is 3.33. The third-order valence-electron chi connectivity index (χ3n) is 4.67. The number of nitrogens with two attached hydrogens (primary N) is 1. The molecule has 0 radical (unpaired) electrons. The van der Waals surface area contributed by atoms with Crippen LogP contribution in [-0.4, -0.2) is 26.3 Å². The molecule has 0 aliphatic heterocycles. The van der Waals surface area contributed by atoms with Gasteiger partial charge in [0, 0.05) is 21.7 Å². The van der Waals surface area contributed by atoms with Gasteiger partial charge in [0.15, 0.2) is 11.5 Å². The lowest BCUT2D eigenvalue weighted by atomic mass is 9.92. The number of hydrogen-bond acceptors (Lipinski definition) is 6. The Hall–Kier alpha value is -3.43. The highest BCUT2D eigenvalue weighted by Crippen LogP contribution is 2.47. The van der Waals surface area contributed by atoms with Gasteiger partial charge in [0.05, 0.1) is 27.0 Å². The van der Waals surface area contributed by atoms with Crippen LogP contribution in [0.1, 0.15) is 11.1 Å². The molecule has 1 aromatic heterocycles. The van der Waals surface area contributed by atoms with Crippen LogP contribution >= 0.6 is 11.6 Å². The normalized spacial score (nSPS) is 10.3. The zero-order valence-corrected chi connectivity index (χ0v) is 17.3. The van der Waals surface area contributed by atoms with Crippen LogP contribution < -0.4 is 19.9 Å². The number of anilines is 1. The minimum absolute atomic E-state index is 0.134. The summed E-state index contributed by atoms with van der Waals surface area (Å²) in [6, 6.07) is 13.0. The summed E-state index contributed by atoms with van der Waals surface area (Å²) in [5, 5.41) is 10.4. The summed E-state index contributed by atoms with van der Waals surface area (Å²) >= 11 is 6.02. The van der Waals surface area contributed by atoms with Gasteiger partial charge in [-0.15, -0.1) is 0 Å². The Labute approximate surface area is 174 Å². The van der Waals surface area contributed by atoms with E-state index < -0.39 is 0 Å². The van der Waals surface area contributed by atoms with Crippen LogP contribution in [0.25, 0.3) is 22.4 Å². The van der Waals surface area contributed by atoms with Gasteiger partial charge < -0.3 is 19.9 Å². The predicted molar refractivity (Wildman–Crippen MR) is 114 cm³/mol. The van der Waals surface area contributed by atoms with Gasteiger partial charge >= 0.3 is 0 Å². The molecule has 6 nitrogen and oxygen atoms in total. The summed E-state index contributed by atoms with van der Waals surface area (Å²) in [5.74, 6) is 1.53. The van der Waals surface area contributed by atoms with Gasteiger partial charge in [-0.1, -0.05) is 23.7 Å². The number of aromatic nitrogens is 1. The molecule has 1 heterocycles. The van der Waals surface area contributed by atoms with E-state index in [2.05, 4.69) is 11.1 Å². The smallest absolute Gasteiger partial charge is 0.203 e. The van der Waals surface area contributed by atoms with E-state index >= 15 is 0 Å². The largest absolute Gasteiger partial charge is 0.493 e. The van der Waals surface area contributed by atoms with Crippen molar-refractivity contribution in [3.8, 4) is 45.7 Å². The van der Waals surface area contributed by atoms with Crippen LogP contribution in [-0.2, 0) is 0 Å². The van der Waals surface area contributed by atoms with Crippen molar-refractivity contribution in [2.45, 2.75) is 6.92 Å². The first kappa shape index (κ1) is 20.3. The Morgan fingerprint density at radius 1 is 0.966 bits per heavy atom. The maximum Gasteiger partial charge on any atom is 0.203 e. The van der Waals surface area contributed by atoms with E-state index in [0.717, 1.165) is 11.1 Å². The number of pyridine rings is 1. The summed E-state index contributed by atoms with van der Waals surface area (Å²) in [7, 11) is 4.61. The molecule has 0 unspecified atom stereocenters. The lowest BCUT2D eigenvalue weighted by Crippen LogP contribution is -2.05. The highest BCUT2D eigenvalue weighted by atomic mass is 35.5. The monoisotopic (exact) mass is 409 g/mol. The van der Waals surface area contributed by atoms with Gasteiger partial charge in [-0.3, -0.25) is 0 Å². The van der Waals surface area contributed by atoms with Crippen molar-refractivity contribution in [3.05, 3.63) is 52.5 Å². The summed E-state index contributed by atoms with van der Waals surface area (Å²) in [5.41, 5.74) is 10.00. The van der Waals surface area contributed by atoms with Gasteiger partial charge in [0.25, 0.3) is 0 Å². The molecule has 0 saturated heterocycles. The molecule has 0 spiro atoms. The number of nitriles is 1. The van der Waals surface area contributed by atoms with Gasteiger partial charge in [0.2, 0.25) is 5.75 Å². The Balaban J connectivity index is 2.38. The van der Waals surface area contributed by atoms with Crippen molar-refractivity contribution < 1.29 is 14.2 Å². The van der Waals surface area contributed by atoms with Crippen molar-refractivity contribution in [2.75, 3.05) is 27.1 Å². The van der Waals surface area contributed by atoms with E-state index in [0.29, 0.717) is 39.1 Å². The predicted octanol–water partition coefficient (Wildman–Crippen LogP) is 4.86. The first-order valence-electron chi connectivity index (χ1n) is 8.72. The third-order valence-corrected chi connectivity index (χ3v) is 4.92. The van der Waals surface area contributed by atoms with Crippen LogP contribution in [0.3, 0.4) is 0 Å². The molecule has 0 amide bonds. The molecule has 7 heteroatoms. The number of nitrogen functional groups attached to an aromatic ring is 1. The molecule has 0 saturated carbocycles. The minimum Gasteiger partial charge on any atom is -0.493 e. The van der Waals surface area contributed by atoms with E-state index in [1.807, 2.05) is 25.1 Å². The van der Waals surface area contributed by atoms with E-state index in [1.165, 1.54) is 14.2 Å². The Morgan fingerprint density at radius 2 is 1.62 bits per heavy atom. The number of methoxy groups -OCH3 is 3. The summed E-state index contributed by atoms with van der Waals surface area (Å²) in [6.07, 6.45) is 0. The second-order valence-electron chi connectivity index (χ2n) is 6.22. The number of rotatable bonds is 5. The first-order chi connectivity index (χ1) is 14.0. The second kappa shape index (κ2) is 8.29. The van der Waals surface area contributed by atoms with Gasteiger partial charge in [-0.05, 0) is 36.8 Å². The standard InChI is InChI=1S/C22H20ClN3O3/c1-12-18(15-9-10-17(27-2)21(29-4)20(15)28-3)16(11-24)22(25)26-19(12)13-5-7-14(23)8-6-13/h5-10H,1-4H3,(H2,25,26). The van der Waals surface area contributed by atoms with Gasteiger partial charge in [-0.2, -0.15) is 5.26 Å². The van der Waals surface area contributed by atoms with E-state index in [1.54, 1.807) is 25.3 Å². The Morgan fingerprint density at radius 3 is 2.17 bits per heavy atom. The number of ether oxygens (including phenoxy) is 3. The quantitative estimate of drug-likeness (QED) is 0.647. The first-order valence-corrected chi connectivity index (χ1v) is 9.10. The van der Waals surface area contributed by atoms with Crippen LogP contribution in [0.2, 0.25) is 5.02 Å². The maximum atomic E-state index is 9.79. The fraction of sp³-hybridized carbons (Fsp3) is 0.182. The molecule has 148 valence electrons. The molecule has 2 aromatic carbocycles. The van der Waals surface area contributed by atoms with Crippen LogP contribution in [0, 0.1) is 18.3 Å². The summed E-state index contributed by atoms with van der Waals surface area (Å²) in [4.78, 5) is 4.48. The molecule has 29 heavy (non-hydrogen) atoms. The molecule has 3 aromatic rings. The van der Waals surface area contributed by atoms with Crippen molar-refractivity contribution >= 4 is 17.4 Å². The Kier molecular flexibility index (Phi) is 5.81. The SMILES string of the molecule is COc1ccc(-c2c(C)c(-c3ccc(Cl)cc3)nc(N)c2C#N)c(OC)c1OC. The van der Waals surface area contributed by atoms with Crippen molar-refractivity contribution in [3.63, 3.8) is 0 Å². The molecule has 0 aliphatic rings. The fourth-order valence-corrected chi connectivity index (χ4v) is 3.46. The molecule has 0 fully saturated rings. The Bertz CT molecular complexity index is 1110. The number of nitrogens with zero attached hydrogens (tertiary/aromatic N) is 2. The van der Waals surface area contributed by atoms with Crippen LogP contribution in [0.15, 0.2) is 36.4 Å². The number of hydrogen-bond donors (Lipinski definition) is 1. The second-order valence-corrected chi connectivity index (χ2v) is 6.66. The average molecular weight is 410 g/mol. The van der Waals surface area contributed by atoms with Gasteiger partial charge in [-0.25, -0.2) is 4.98 Å². The number of halogens is 1. The third kappa shape index (κ3) is 3.53. The highest BCUT2D eigenvalue weighted by Gasteiger charge is 2.24. The van der Waals surface area contributed by atoms with Crippen molar-refractivity contribution in [1.29, 1.82) is 5.26 Å². The van der Waals surface area contributed by atoms with Crippen molar-refractivity contribution in [2.24, 2.45) is 0 Å². The molecule has 0 atom stereocenters. The molecule has 0 aliphatic carbocycles. The topological polar surface area (TPSA) is 90.4 Å². The van der Waals surface area contributed by atoms with E-state index in [-0.39, 0.29) is 11.4 Å². The lowest BCUT2D eigenvalue weighted by Gasteiger charge is -2.19.